The average Bonchev–Trinajstić information content (AvgIpc) is 2.95. The van der Waals surface area contributed by atoms with Crippen LogP contribution in [0.2, 0.25) is 0 Å². The normalized spacial score (nSPS) is 17.2. The highest BCUT2D eigenvalue weighted by Gasteiger charge is 2.20. The minimum Gasteiger partial charge on any atom is -0.390 e. The fourth-order valence-corrected chi connectivity index (χ4v) is 4.38. The number of aliphatic hydroxyl groups excluding tert-OH is 1. The zero-order chi connectivity index (χ0) is 19.5. The van der Waals surface area contributed by atoms with Gasteiger partial charge in [0.05, 0.1) is 12.6 Å². The second-order valence-corrected chi connectivity index (χ2v) is 8.05. The molecule has 1 N–H and O–H groups in total. The van der Waals surface area contributed by atoms with Crippen molar-refractivity contribution in [3.63, 3.8) is 0 Å². The predicted octanol–water partition coefficient (Wildman–Crippen LogP) is 3.44. The molecule has 1 saturated heterocycles. The van der Waals surface area contributed by atoms with Crippen molar-refractivity contribution in [3.05, 3.63) is 71.4 Å². The Labute approximate surface area is 168 Å². The van der Waals surface area contributed by atoms with Crippen LogP contribution in [0, 0.1) is 13.8 Å². The molecule has 1 aliphatic rings. The van der Waals surface area contributed by atoms with Crippen LogP contribution in [0.1, 0.15) is 16.8 Å². The first-order valence-corrected chi connectivity index (χ1v) is 10.3. The van der Waals surface area contributed by atoms with Crippen molar-refractivity contribution in [1.29, 1.82) is 0 Å². The Morgan fingerprint density at radius 1 is 0.821 bits per heavy atom. The molecule has 1 unspecified atom stereocenters. The molecule has 1 aromatic heterocycles. The summed E-state index contributed by atoms with van der Waals surface area (Å²) in [7, 11) is 0. The molecule has 4 nitrogen and oxygen atoms in total. The SMILES string of the molecule is Cc1c(C)n(CC(O)CN2CCN(Cc3ccccc3)CC2)c2ccccc12. The lowest BCUT2D eigenvalue weighted by atomic mass is 10.2. The van der Waals surface area contributed by atoms with Gasteiger partial charge in [-0.05, 0) is 31.0 Å². The van der Waals surface area contributed by atoms with Gasteiger partial charge in [-0.2, -0.15) is 0 Å². The molecular formula is C24H31N3O. The third-order valence-electron chi connectivity index (χ3n) is 6.12. The molecule has 4 heteroatoms. The monoisotopic (exact) mass is 377 g/mol. The summed E-state index contributed by atoms with van der Waals surface area (Å²) in [4.78, 5) is 4.91. The number of β-amino-alcohol motifs (C(OH)–C–C–N with tert-alkyl or cyclic N) is 1. The number of hydrogen-bond acceptors (Lipinski definition) is 3. The van der Waals surface area contributed by atoms with E-state index in [4.69, 9.17) is 0 Å². The molecule has 0 aliphatic carbocycles. The molecule has 0 amide bonds. The highest BCUT2D eigenvalue weighted by molar-refractivity contribution is 5.85. The van der Waals surface area contributed by atoms with Crippen LogP contribution in [0.5, 0.6) is 0 Å². The standard InChI is InChI=1S/C24H31N3O/c1-19-20(2)27(24-11-7-6-10-23(19)24)18-22(28)17-26-14-12-25(13-15-26)16-21-8-4-3-5-9-21/h3-11,22,28H,12-18H2,1-2H3. The number of aliphatic hydroxyl groups is 1. The van der Waals surface area contributed by atoms with Crippen LogP contribution in [0.25, 0.3) is 10.9 Å². The Bertz CT molecular complexity index is 910. The van der Waals surface area contributed by atoms with Gasteiger partial charge in [-0.15, -0.1) is 0 Å². The van der Waals surface area contributed by atoms with E-state index in [1.165, 1.54) is 27.7 Å². The van der Waals surface area contributed by atoms with Crippen molar-refractivity contribution in [3.8, 4) is 0 Å². The zero-order valence-corrected chi connectivity index (χ0v) is 17.0. The molecule has 2 aromatic carbocycles. The average molecular weight is 378 g/mol. The number of para-hydroxylation sites is 1. The topological polar surface area (TPSA) is 31.6 Å². The highest BCUT2D eigenvalue weighted by atomic mass is 16.3. The van der Waals surface area contributed by atoms with Gasteiger partial charge in [0, 0.05) is 55.9 Å². The number of benzene rings is 2. The minimum absolute atomic E-state index is 0.352. The maximum atomic E-state index is 10.8. The van der Waals surface area contributed by atoms with E-state index < -0.39 is 0 Å². The van der Waals surface area contributed by atoms with Crippen LogP contribution >= 0.6 is 0 Å². The summed E-state index contributed by atoms with van der Waals surface area (Å²) in [5.41, 5.74) is 5.18. The van der Waals surface area contributed by atoms with E-state index in [0.717, 1.165) is 39.3 Å². The molecule has 0 saturated carbocycles. The Balaban J connectivity index is 1.32. The summed E-state index contributed by atoms with van der Waals surface area (Å²) >= 11 is 0. The molecular weight excluding hydrogens is 346 g/mol. The van der Waals surface area contributed by atoms with Crippen LogP contribution in [-0.2, 0) is 13.1 Å². The Morgan fingerprint density at radius 2 is 1.46 bits per heavy atom. The lowest BCUT2D eigenvalue weighted by molar-refractivity contribution is 0.0626. The van der Waals surface area contributed by atoms with E-state index in [1.54, 1.807) is 0 Å². The number of aryl methyl sites for hydroxylation is 1. The first-order valence-electron chi connectivity index (χ1n) is 10.3. The molecule has 1 atom stereocenters. The fraction of sp³-hybridized carbons (Fsp3) is 0.417. The fourth-order valence-electron chi connectivity index (χ4n) is 4.38. The molecule has 0 spiro atoms. The van der Waals surface area contributed by atoms with E-state index >= 15 is 0 Å². The Morgan fingerprint density at radius 3 is 2.21 bits per heavy atom. The molecule has 148 valence electrons. The number of piperazine rings is 1. The van der Waals surface area contributed by atoms with Crippen LogP contribution in [0.15, 0.2) is 54.6 Å². The Hall–Kier alpha value is -2.14. The summed E-state index contributed by atoms with van der Waals surface area (Å²) < 4.78 is 2.28. The lowest BCUT2D eigenvalue weighted by Gasteiger charge is -2.35. The van der Waals surface area contributed by atoms with Crippen molar-refractivity contribution in [2.45, 2.75) is 33.0 Å². The van der Waals surface area contributed by atoms with Gasteiger partial charge in [-0.3, -0.25) is 9.80 Å². The third-order valence-corrected chi connectivity index (χ3v) is 6.12. The van der Waals surface area contributed by atoms with E-state index in [9.17, 15) is 5.11 Å². The zero-order valence-electron chi connectivity index (χ0n) is 17.0. The second kappa shape index (κ2) is 8.48. The molecule has 28 heavy (non-hydrogen) atoms. The maximum absolute atomic E-state index is 10.8. The van der Waals surface area contributed by atoms with E-state index in [1.807, 2.05) is 0 Å². The smallest absolute Gasteiger partial charge is 0.0845 e. The number of aromatic nitrogens is 1. The minimum atomic E-state index is -0.352. The number of rotatable bonds is 6. The molecule has 4 rings (SSSR count). The van der Waals surface area contributed by atoms with E-state index in [0.29, 0.717) is 6.54 Å². The summed E-state index contributed by atoms with van der Waals surface area (Å²) in [5, 5.41) is 12.1. The molecule has 1 aliphatic heterocycles. The van der Waals surface area contributed by atoms with Crippen molar-refractivity contribution in [2.75, 3.05) is 32.7 Å². The summed E-state index contributed by atoms with van der Waals surface area (Å²) in [6.07, 6.45) is -0.352. The molecule has 2 heterocycles. The van der Waals surface area contributed by atoms with Gasteiger partial charge in [0.15, 0.2) is 0 Å². The van der Waals surface area contributed by atoms with Gasteiger partial charge in [0.1, 0.15) is 0 Å². The van der Waals surface area contributed by atoms with Gasteiger partial charge in [-0.25, -0.2) is 0 Å². The lowest BCUT2D eigenvalue weighted by Crippen LogP contribution is -2.48. The van der Waals surface area contributed by atoms with Gasteiger partial charge in [-0.1, -0.05) is 48.5 Å². The van der Waals surface area contributed by atoms with Crippen molar-refractivity contribution in [2.24, 2.45) is 0 Å². The van der Waals surface area contributed by atoms with Gasteiger partial charge >= 0.3 is 0 Å². The van der Waals surface area contributed by atoms with Crippen molar-refractivity contribution < 1.29 is 5.11 Å². The Kier molecular flexibility index (Phi) is 5.81. The first kappa shape index (κ1) is 19.2. The summed E-state index contributed by atoms with van der Waals surface area (Å²) in [6, 6.07) is 19.2. The van der Waals surface area contributed by atoms with Gasteiger partial charge < -0.3 is 9.67 Å². The third kappa shape index (κ3) is 4.14. The maximum Gasteiger partial charge on any atom is 0.0845 e. The second-order valence-electron chi connectivity index (χ2n) is 8.05. The number of nitrogens with zero attached hydrogens (tertiary/aromatic N) is 3. The van der Waals surface area contributed by atoms with Crippen LogP contribution in [-0.4, -0.2) is 58.3 Å². The van der Waals surface area contributed by atoms with Crippen LogP contribution < -0.4 is 0 Å². The van der Waals surface area contributed by atoms with Crippen LogP contribution in [0.4, 0.5) is 0 Å². The van der Waals surface area contributed by atoms with Crippen molar-refractivity contribution >= 4 is 10.9 Å². The largest absolute Gasteiger partial charge is 0.390 e. The van der Waals surface area contributed by atoms with Crippen molar-refractivity contribution in [1.82, 2.24) is 14.4 Å². The molecule has 1 fully saturated rings. The van der Waals surface area contributed by atoms with Crippen LogP contribution in [0.3, 0.4) is 0 Å². The first-order chi connectivity index (χ1) is 13.6. The van der Waals surface area contributed by atoms with E-state index in [2.05, 4.69) is 82.8 Å². The molecule has 0 bridgehead atoms. The number of fused-ring (bicyclic) bond motifs is 1. The van der Waals surface area contributed by atoms with Gasteiger partial charge in [0.25, 0.3) is 0 Å². The summed E-state index contributed by atoms with van der Waals surface area (Å²) in [5.74, 6) is 0. The van der Waals surface area contributed by atoms with Gasteiger partial charge in [0.2, 0.25) is 0 Å². The quantitative estimate of drug-likeness (QED) is 0.714. The molecule has 0 radical (unpaired) electrons. The predicted molar refractivity (Wildman–Crippen MR) is 116 cm³/mol. The number of hydrogen-bond donors (Lipinski definition) is 1. The highest BCUT2D eigenvalue weighted by Crippen LogP contribution is 2.25. The van der Waals surface area contributed by atoms with E-state index in [-0.39, 0.29) is 6.10 Å². The summed E-state index contributed by atoms with van der Waals surface area (Å²) in [6.45, 7) is 10.9. The molecule has 3 aromatic rings.